The van der Waals surface area contributed by atoms with Gasteiger partial charge in [-0.1, -0.05) is 71.8 Å². The first-order valence-corrected chi connectivity index (χ1v) is 7.38. The van der Waals surface area contributed by atoms with Crippen molar-refractivity contribution in [3.8, 4) is 0 Å². The van der Waals surface area contributed by atoms with E-state index in [0.717, 1.165) is 12.8 Å². The molecule has 0 radical (unpaired) electrons. The summed E-state index contributed by atoms with van der Waals surface area (Å²) in [5.74, 6) is 0.588. The summed E-state index contributed by atoms with van der Waals surface area (Å²) < 4.78 is 0. The molecule has 0 saturated heterocycles. The second-order valence-electron chi connectivity index (χ2n) is 5.76. The molecule has 0 aliphatic heterocycles. The van der Waals surface area contributed by atoms with Crippen LogP contribution in [0.25, 0.3) is 0 Å². The SMILES string of the molecule is CC(C)=C(C)C(Cc1ccccc1)Cc1ccccc1. The summed E-state index contributed by atoms with van der Waals surface area (Å²) in [6.07, 6.45) is 2.24. The topological polar surface area (TPSA) is 0 Å². The fraction of sp³-hybridized carbons (Fsp3) is 0.300. The highest BCUT2D eigenvalue weighted by molar-refractivity contribution is 5.24. The molecular formula is C20H24. The van der Waals surface area contributed by atoms with Crippen LogP contribution in [-0.4, -0.2) is 0 Å². The van der Waals surface area contributed by atoms with Gasteiger partial charge in [-0.25, -0.2) is 0 Å². The van der Waals surface area contributed by atoms with E-state index in [1.807, 2.05) is 0 Å². The van der Waals surface area contributed by atoms with Crippen LogP contribution in [0, 0.1) is 5.92 Å². The Balaban J connectivity index is 2.20. The van der Waals surface area contributed by atoms with Gasteiger partial charge in [-0.2, -0.15) is 0 Å². The van der Waals surface area contributed by atoms with Crippen molar-refractivity contribution in [2.45, 2.75) is 33.6 Å². The second kappa shape index (κ2) is 7.09. The van der Waals surface area contributed by atoms with Crippen LogP contribution in [0.5, 0.6) is 0 Å². The first-order valence-electron chi connectivity index (χ1n) is 7.38. The Kier molecular flexibility index (Phi) is 5.17. The lowest BCUT2D eigenvalue weighted by atomic mass is 9.85. The number of hydrogen-bond donors (Lipinski definition) is 0. The minimum absolute atomic E-state index is 0.588. The Bertz CT molecular complexity index is 504. The molecule has 0 N–H and O–H groups in total. The molecule has 0 aromatic heterocycles. The van der Waals surface area contributed by atoms with E-state index in [1.54, 1.807) is 0 Å². The molecule has 0 unspecified atom stereocenters. The highest BCUT2D eigenvalue weighted by atomic mass is 14.2. The van der Waals surface area contributed by atoms with Crippen LogP contribution in [0.4, 0.5) is 0 Å². The van der Waals surface area contributed by atoms with E-state index in [2.05, 4.69) is 81.4 Å². The molecule has 0 spiro atoms. The Labute approximate surface area is 123 Å². The van der Waals surface area contributed by atoms with Crippen LogP contribution in [0.1, 0.15) is 31.9 Å². The van der Waals surface area contributed by atoms with Crippen molar-refractivity contribution in [2.75, 3.05) is 0 Å². The maximum absolute atomic E-state index is 2.28. The van der Waals surface area contributed by atoms with Crippen molar-refractivity contribution in [3.05, 3.63) is 82.9 Å². The third kappa shape index (κ3) is 4.09. The van der Waals surface area contributed by atoms with E-state index >= 15 is 0 Å². The van der Waals surface area contributed by atoms with Crippen molar-refractivity contribution in [1.82, 2.24) is 0 Å². The quantitative estimate of drug-likeness (QED) is 0.630. The van der Waals surface area contributed by atoms with Crippen LogP contribution in [0.3, 0.4) is 0 Å². The van der Waals surface area contributed by atoms with Gasteiger partial charge in [0.1, 0.15) is 0 Å². The van der Waals surface area contributed by atoms with Gasteiger partial charge < -0.3 is 0 Å². The molecule has 0 atom stereocenters. The van der Waals surface area contributed by atoms with Gasteiger partial charge in [-0.15, -0.1) is 0 Å². The highest BCUT2D eigenvalue weighted by Crippen LogP contribution is 2.24. The van der Waals surface area contributed by atoms with Crippen LogP contribution in [0.15, 0.2) is 71.8 Å². The molecule has 0 aliphatic carbocycles. The van der Waals surface area contributed by atoms with Gasteiger partial charge in [0, 0.05) is 0 Å². The minimum atomic E-state index is 0.588. The summed E-state index contributed by atoms with van der Waals surface area (Å²) in [6.45, 7) is 6.72. The Morgan fingerprint density at radius 1 is 0.700 bits per heavy atom. The molecule has 0 heterocycles. The molecule has 0 heteroatoms. The lowest BCUT2D eigenvalue weighted by Crippen LogP contribution is -2.11. The predicted molar refractivity (Wildman–Crippen MR) is 87.8 cm³/mol. The van der Waals surface area contributed by atoms with E-state index in [1.165, 1.54) is 22.3 Å². The van der Waals surface area contributed by atoms with Crippen LogP contribution in [-0.2, 0) is 12.8 Å². The van der Waals surface area contributed by atoms with Crippen molar-refractivity contribution in [2.24, 2.45) is 5.92 Å². The monoisotopic (exact) mass is 264 g/mol. The van der Waals surface area contributed by atoms with Gasteiger partial charge >= 0.3 is 0 Å². The Hall–Kier alpha value is -1.82. The molecule has 0 aliphatic rings. The third-order valence-corrected chi connectivity index (χ3v) is 4.05. The molecule has 2 rings (SSSR count). The summed E-state index contributed by atoms with van der Waals surface area (Å²) in [4.78, 5) is 0. The predicted octanol–water partition coefficient (Wildman–Crippen LogP) is 5.44. The number of hydrogen-bond acceptors (Lipinski definition) is 0. The smallest absolute Gasteiger partial charge is 0.0123 e. The second-order valence-corrected chi connectivity index (χ2v) is 5.76. The van der Waals surface area contributed by atoms with Crippen LogP contribution >= 0.6 is 0 Å². The fourth-order valence-corrected chi connectivity index (χ4v) is 2.58. The van der Waals surface area contributed by atoms with Crippen molar-refractivity contribution < 1.29 is 0 Å². The lowest BCUT2D eigenvalue weighted by molar-refractivity contribution is 0.600. The summed E-state index contributed by atoms with van der Waals surface area (Å²) in [6, 6.07) is 21.6. The van der Waals surface area contributed by atoms with E-state index < -0.39 is 0 Å². The molecule has 104 valence electrons. The van der Waals surface area contributed by atoms with Gasteiger partial charge in [0.05, 0.1) is 0 Å². The molecule has 20 heavy (non-hydrogen) atoms. The van der Waals surface area contributed by atoms with Gasteiger partial charge in [-0.3, -0.25) is 0 Å². The molecule has 2 aromatic carbocycles. The standard InChI is InChI=1S/C20H24/c1-16(2)17(3)20(14-18-10-6-4-7-11-18)15-19-12-8-5-9-13-19/h4-13,20H,14-15H2,1-3H3. The van der Waals surface area contributed by atoms with Crippen molar-refractivity contribution in [3.63, 3.8) is 0 Å². The number of allylic oxidation sites excluding steroid dienone is 2. The zero-order valence-corrected chi connectivity index (χ0v) is 12.8. The number of rotatable bonds is 5. The first kappa shape index (κ1) is 14.6. The molecule has 2 aromatic rings. The summed E-state index contributed by atoms with van der Waals surface area (Å²) in [5, 5.41) is 0. The summed E-state index contributed by atoms with van der Waals surface area (Å²) >= 11 is 0. The average Bonchev–Trinajstić information content (AvgIpc) is 2.48. The lowest BCUT2D eigenvalue weighted by Gasteiger charge is -2.20. The summed E-state index contributed by atoms with van der Waals surface area (Å²) in [5.41, 5.74) is 5.82. The largest absolute Gasteiger partial charge is 0.0772 e. The maximum Gasteiger partial charge on any atom is -0.0123 e. The molecule has 0 fully saturated rings. The Morgan fingerprint density at radius 2 is 1.10 bits per heavy atom. The molecule has 0 bridgehead atoms. The molecule has 0 amide bonds. The van der Waals surface area contributed by atoms with Gasteiger partial charge in [0.25, 0.3) is 0 Å². The van der Waals surface area contributed by atoms with Crippen molar-refractivity contribution in [1.29, 1.82) is 0 Å². The van der Waals surface area contributed by atoms with E-state index in [4.69, 9.17) is 0 Å². The summed E-state index contributed by atoms with van der Waals surface area (Å²) in [7, 11) is 0. The normalized spacial score (nSPS) is 10.6. The van der Waals surface area contributed by atoms with E-state index in [9.17, 15) is 0 Å². The zero-order chi connectivity index (χ0) is 14.4. The average molecular weight is 264 g/mol. The Morgan fingerprint density at radius 3 is 1.45 bits per heavy atom. The number of benzene rings is 2. The van der Waals surface area contributed by atoms with Crippen LogP contribution in [0.2, 0.25) is 0 Å². The molecular weight excluding hydrogens is 240 g/mol. The zero-order valence-electron chi connectivity index (χ0n) is 12.8. The highest BCUT2D eigenvalue weighted by Gasteiger charge is 2.13. The molecule has 0 saturated carbocycles. The van der Waals surface area contributed by atoms with Crippen LogP contribution < -0.4 is 0 Å². The third-order valence-electron chi connectivity index (χ3n) is 4.05. The minimum Gasteiger partial charge on any atom is -0.0772 e. The van der Waals surface area contributed by atoms with Gasteiger partial charge in [0.2, 0.25) is 0 Å². The van der Waals surface area contributed by atoms with E-state index in [-0.39, 0.29) is 0 Å². The van der Waals surface area contributed by atoms with Gasteiger partial charge in [0.15, 0.2) is 0 Å². The fourth-order valence-electron chi connectivity index (χ4n) is 2.58. The molecule has 0 nitrogen and oxygen atoms in total. The van der Waals surface area contributed by atoms with E-state index in [0.29, 0.717) is 5.92 Å². The van der Waals surface area contributed by atoms with Crippen molar-refractivity contribution >= 4 is 0 Å². The maximum atomic E-state index is 2.28. The first-order chi connectivity index (χ1) is 9.66. The van der Waals surface area contributed by atoms with Gasteiger partial charge in [-0.05, 0) is 50.7 Å².